The van der Waals surface area contributed by atoms with Gasteiger partial charge < -0.3 is 15.2 Å². The molecule has 9 nitrogen and oxygen atoms in total. The Kier molecular flexibility index (Phi) is 7.25. The van der Waals surface area contributed by atoms with Gasteiger partial charge in [-0.15, -0.1) is 0 Å². The molecule has 3 atom stereocenters. The van der Waals surface area contributed by atoms with Gasteiger partial charge in [0.2, 0.25) is 5.88 Å². The molecule has 1 amide bonds. The number of nitrogens with one attached hydrogen (secondary N) is 1. The maximum absolute atomic E-state index is 13.7. The van der Waals surface area contributed by atoms with Crippen molar-refractivity contribution in [2.75, 3.05) is 35.9 Å². The molecule has 0 spiro atoms. The van der Waals surface area contributed by atoms with Gasteiger partial charge in [-0.25, -0.2) is 9.29 Å². The second kappa shape index (κ2) is 9.87. The molecule has 1 aromatic carbocycles. The van der Waals surface area contributed by atoms with Crippen LogP contribution in [0.25, 0.3) is 0 Å². The van der Waals surface area contributed by atoms with Crippen LogP contribution in [0.3, 0.4) is 0 Å². The molecule has 4 rings (SSSR count). The number of aliphatic hydroxyl groups excluding tert-OH is 1. The van der Waals surface area contributed by atoms with Crippen LogP contribution in [0.2, 0.25) is 10.0 Å². The summed E-state index contributed by atoms with van der Waals surface area (Å²) in [5.74, 6) is -0.0651. The number of ether oxygens (including phenoxy) is 1. The van der Waals surface area contributed by atoms with Gasteiger partial charge in [-0.2, -0.15) is 12.7 Å². The van der Waals surface area contributed by atoms with Crippen molar-refractivity contribution in [3.05, 3.63) is 46.1 Å². The number of halogens is 2. The van der Waals surface area contributed by atoms with Crippen molar-refractivity contribution in [2.45, 2.75) is 26.4 Å². The summed E-state index contributed by atoms with van der Waals surface area (Å²) in [6, 6.07) is 6.20. The van der Waals surface area contributed by atoms with Crippen LogP contribution in [0.5, 0.6) is 5.88 Å². The van der Waals surface area contributed by atoms with E-state index in [2.05, 4.69) is 10.3 Å². The lowest BCUT2D eigenvalue weighted by Gasteiger charge is -2.40. The summed E-state index contributed by atoms with van der Waals surface area (Å²) in [4.78, 5) is 17.0. The van der Waals surface area contributed by atoms with Crippen molar-refractivity contribution in [1.29, 1.82) is 0 Å². The second-order valence-corrected chi connectivity index (χ2v) is 11.5. The Morgan fingerprint density at radius 1 is 1.21 bits per heavy atom. The molecule has 1 saturated heterocycles. The third kappa shape index (κ3) is 4.96. The van der Waals surface area contributed by atoms with Crippen LogP contribution in [0.4, 0.5) is 11.4 Å². The van der Waals surface area contributed by atoms with Crippen molar-refractivity contribution >= 4 is 50.7 Å². The van der Waals surface area contributed by atoms with Crippen LogP contribution in [-0.2, 0) is 10.2 Å². The summed E-state index contributed by atoms with van der Waals surface area (Å²) in [6.45, 7) is 4.40. The Balaban J connectivity index is 1.68. The number of hydrogen-bond acceptors (Lipinski definition) is 6. The molecule has 2 N–H and O–H groups in total. The zero-order valence-corrected chi connectivity index (χ0v) is 21.1. The van der Waals surface area contributed by atoms with Crippen molar-refractivity contribution in [2.24, 2.45) is 11.8 Å². The van der Waals surface area contributed by atoms with Gasteiger partial charge in [0.05, 0.1) is 40.6 Å². The molecular formula is C22H26Cl2N4O5S. The molecule has 34 heavy (non-hydrogen) atoms. The number of rotatable bonds is 5. The van der Waals surface area contributed by atoms with E-state index < -0.39 is 22.2 Å². The molecule has 0 bridgehead atoms. The van der Waals surface area contributed by atoms with Crippen LogP contribution in [-0.4, -0.2) is 61.1 Å². The van der Waals surface area contributed by atoms with Gasteiger partial charge in [-0.1, -0.05) is 43.1 Å². The summed E-state index contributed by atoms with van der Waals surface area (Å²) < 4.78 is 35.7. The normalized spacial score (nSPS) is 23.2. The van der Waals surface area contributed by atoms with E-state index in [0.29, 0.717) is 13.1 Å². The standard InChI is InChI=1S/C22H26Cl2N4O5S/c1-13-6-14(2)10-27(9-13)34(31,32)28-11-16(12-29)33-22-19(28)7-15(8-25-22)26-21(30)20-17(23)4-3-5-18(20)24/h3-5,7-8,13-14,16,29H,6,9-12H2,1-2H3,(H,26,30)/t13?,14?,16-/m1/s1. The zero-order valence-electron chi connectivity index (χ0n) is 18.7. The minimum atomic E-state index is -3.94. The summed E-state index contributed by atoms with van der Waals surface area (Å²) in [5.41, 5.74) is 0.519. The summed E-state index contributed by atoms with van der Waals surface area (Å²) in [6.07, 6.45) is 1.53. The van der Waals surface area contributed by atoms with E-state index in [0.717, 1.165) is 6.42 Å². The Morgan fingerprint density at radius 3 is 2.47 bits per heavy atom. The molecular weight excluding hydrogens is 503 g/mol. The van der Waals surface area contributed by atoms with Gasteiger partial charge in [0.1, 0.15) is 11.8 Å². The number of carbonyl (C=O) groups is 1. The number of aromatic nitrogens is 1. The smallest absolute Gasteiger partial charge is 0.304 e. The van der Waals surface area contributed by atoms with E-state index in [1.165, 1.54) is 20.9 Å². The molecule has 0 radical (unpaired) electrons. The fourth-order valence-electron chi connectivity index (χ4n) is 4.41. The van der Waals surface area contributed by atoms with Crippen LogP contribution in [0.1, 0.15) is 30.6 Å². The number of fused-ring (bicyclic) bond motifs is 1. The van der Waals surface area contributed by atoms with Crippen LogP contribution in [0.15, 0.2) is 30.5 Å². The average molecular weight is 529 g/mol. The van der Waals surface area contributed by atoms with Crippen molar-refractivity contribution in [3.8, 4) is 5.88 Å². The number of aliphatic hydroxyl groups is 1. The largest absolute Gasteiger partial charge is 0.468 e. The van der Waals surface area contributed by atoms with E-state index in [-0.39, 0.29) is 57.9 Å². The first-order valence-electron chi connectivity index (χ1n) is 10.9. The molecule has 2 aliphatic rings. The lowest BCUT2D eigenvalue weighted by atomic mass is 9.94. The molecule has 0 saturated carbocycles. The number of benzene rings is 1. The number of pyridine rings is 1. The third-order valence-corrected chi connectivity index (χ3v) is 8.32. The van der Waals surface area contributed by atoms with Crippen LogP contribution < -0.4 is 14.4 Å². The van der Waals surface area contributed by atoms with Crippen molar-refractivity contribution in [3.63, 3.8) is 0 Å². The Labute approximate surface area is 208 Å². The molecule has 2 unspecified atom stereocenters. The summed E-state index contributed by atoms with van der Waals surface area (Å²) >= 11 is 12.3. The predicted molar refractivity (Wildman–Crippen MR) is 131 cm³/mol. The van der Waals surface area contributed by atoms with Crippen LogP contribution in [0, 0.1) is 11.8 Å². The highest BCUT2D eigenvalue weighted by Crippen LogP contribution is 2.37. The average Bonchev–Trinajstić information content (AvgIpc) is 2.77. The van der Waals surface area contributed by atoms with Gasteiger partial charge in [-0.05, 0) is 36.5 Å². The first kappa shape index (κ1) is 25.0. The minimum absolute atomic E-state index is 0.0563. The highest BCUT2D eigenvalue weighted by molar-refractivity contribution is 7.90. The van der Waals surface area contributed by atoms with Crippen LogP contribution >= 0.6 is 23.2 Å². The van der Waals surface area contributed by atoms with Crippen molar-refractivity contribution in [1.82, 2.24) is 9.29 Å². The lowest BCUT2D eigenvalue weighted by Crippen LogP contribution is -2.54. The summed E-state index contributed by atoms with van der Waals surface area (Å²) in [7, 11) is -3.94. The fraction of sp³-hybridized carbons (Fsp3) is 0.455. The number of hydrogen-bond donors (Lipinski definition) is 2. The third-order valence-electron chi connectivity index (χ3n) is 5.84. The number of amides is 1. The van der Waals surface area contributed by atoms with E-state index in [1.807, 2.05) is 13.8 Å². The maximum Gasteiger partial charge on any atom is 0.304 e. The molecule has 1 aromatic heterocycles. The highest BCUT2D eigenvalue weighted by atomic mass is 35.5. The Bertz CT molecular complexity index is 1170. The SMILES string of the molecule is CC1CC(C)CN(S(=O)(=O)N2C[C@H](CO)Oc3ncc(NC(=O)c4c(Cl)cccc4Cl)cc32)C1. The van der Waals surface area contributed by atoms with E-state index in [4.69, 9.17) is 27.9 Å². The molecule has 0 aliphatic carbocycles. The monoisotopic (exact) mass is 528 g/mol. The maximum atomic E-state index is 13.7. The molecule has 2 aromatic rings. The van der Waals surface area contributed by atoms with Gasteiger partial charge in [-0.3, -0.25) is 4.79 Å². The first-order valence-corrected chi connectivity index (χ1v) is 13.1. The minimum Gasteiger partial charge on any atom is -0.468 e. The first-order chi connectivity index (χ1) is 16.1. The van der Waals surface area contributed by atoms with Crippen molar-refractivity contribution < 1.29 is 23.1 Å². The molecule has 2 aliphatic heterocycles. The Morgan fingerprint density at radius 2 is 1.85 bits per heavy atom. The number of anilines is 2. The predicted octanol–water partition coefficient (Wildman–Crippen LogP) is 3.42. The number of piperidine rings is 1. The van der Waals surface area contributed by atoms with Gasteiger partial charge >= 0.3 is 10.2 Å². The van der Waals surface area contributed by atoms with E-state index in [9.17, 15) is 18.3 Å². The molecule has 3 heterocycles. The van der Waals surface area contributed by atoms with Gasteiger partial charge in [0.15, 0.2) is 0 Å². The molecule has 12 heteroatoms. The topological polar surface area (TPSA) is 112 Å². The highest BCUT2D eigenvalue weighted by Gasteiger charge is 2.40. The quantitative estimate of drug-likeness (QED) is 0.614. The van der Waals surface area contributed by atoms with Gasteiger partial charge in [0, 0.05) is 13.1 Å². The lowest BCUT2D eigenvalue weighted by molar-refractivity contribution is 0.102. The second-order valence-electron chi connectivity index (χ2n) is 8.82. The van der Waals surface area contributed by atoms with E-state index >= 15 is 0 Å². The van der Waals surface area contributed by atoms with Gasteiger partial charge in [0.25, 0.3) is 5.91 Å². The fourth-order valence-corrected chi connectivity index (χ4v) is 6.88. The zero-order chi connectivity index (χ0) is 24.6. The molecule has 184 valence electrons. The molecule has 1 fully saturated rings. The van der Waals surface area contributed by atoms with E-state index in [1.54, 1.807) is 18.2 Å². The Hall–Kier alpha value is -2.11. The summed E-state index contributed by atoms with van der Waals surface area (Å²) in [5, 5.41) is 12.7. The number of nitrogens with zero attached hydrogens (tertiary/aromatic N) is 3. The number of carbonyl (C=O) groups excluding carboxylic acids is 1.